The SMILES string of the molecule is CCNCC(Cc1cscc1Br)c1ccccc1. The van der Waals surface area contributed by atoms with Crippen LogP contribution >= 0.6 is 27.3 Å². The number of hydrogen-bond acceptors (Lipinski definition) is 2. The molecule has 1 N–H and O–H groups in total. The second kappa shape index (κ2) is 7.07. The van der Waals surface area contributed by atoms with E-state index in [-0.39, 0.29) is 0 Å². The zero-order valence-electron chi connectivity index (χ0n) is 10.5. The molecule has 1 aromatic carbocycles. The summed E-state index contributed by atoms with van der Waals surface area (Å²) in [5.41, 5.74) is 2.82. The minimum atomic E-state index is 0.539. The molecule has 0 bridgehead atoms. The van der Waals surface area contributed by atoms with Gasteiger partial charge in [0.1, 0.15) is 0 Å². The van der Waals surface area contributed by atoms with Crippen LogP contribution in [-0.2, 0) is 6.42 Å². The molecule has 0 aliphatic rings. The number of likely N-dealkylation sites (N-methyl/N-ethyl adjacent to an activating group) is 1. The molecule has 2 aromatic rings. The van der Waals surface area contributed by atoms with Crippen LogP contribution in [0.2, 0.25) is 0 Å². The molecular formula is C15H18BrNS. The Morgan fingerprint density at radius 3 is 2.61 bits per heavy atom. The summed E-state index contributed by atoms with van der Waals surface area (Å²) in [6.07, 6.45) is 1.08. The Bertz CT molecular complexity index is 466. The fourth-order valence-electron chi connectivity index (χ4n) is 2.07. The van der Waals surface area contributed by atoms with Gasteiger partial charge in [0.2, 0.25) is 0 Å². The maximum absolute atomic E-state index is 3.63. The molecule has 0 saturated heterocycles. The highest BCUT2D eigenvalue weighted by Crippen LogP contribution is 2.27. The molecule has 18 heavy (non-hydrogen) atoms. The molecule has 3 heteroatoms. The first kappa shape index (κ1) is 13.8. The van der Waals surface area contributed by atoms with E-state index in [9.17, 15) is 0 Å². The van der Waals surface area contributed by atoms with Crippen LogP contribution in [0.5, 0.6) is 0 Å². The van der Waals surface area contributed by atoms with Crippen molar-refractivity contribution in [1.29, 1.82) is 0 Å². The van der Waals surface area contributed by atoms with E-state index in [1.807, 2.05) is 0 Å². The van der Waals surface area contributed by atoms with Crippen molar-refractivity contribution < 1.29 is 0 Å². The number of rotatable bonds is 6. The monoisotopic (exact) mass is 323 g/mol. The van der Waals surface area contributed by atoms with Crippen molar-refractivity contribution in [2.75, 3.05) is 13.1 Å². The van der Waals surface area contributed by atoms with E-state index in [1.165, 1.54) is 15.6 Å². The van der Waals surface area contributed by atoms with Crippen molar-refractivity contribution in [1.82, 2.24) is 5.32 Å². The van der Waals surface area contributed by atoms with Crippen LogP contribution in [0.1, 0.15) is 24.0 Å². The van der Waals surface area contributed by atoms with Gasteiger partial charge in [0, 0.05) is 22.3 Å². The standard InChI is InChI=1S/C15H18BrNS/c1-2-17-9-13(12-6-4-3-5-7-12)8-14-10-18-11-15(14)16/h3-7,10-11,13,17H,2,8-9H2,1H3. The lowest BCUT2D eigenvalue weighted by molar-refractivity contribution is 0.595. The molecule has 1 nitrogen and oxygen atoms in total. The summed E-state index contributed by atoms with van der Waals surface area (Å²) >= 11 is 5.39. The predicted molar refractivity (Wildman–Crippen MR) is 83.4 cm³/mol. The van der Waals surface area contributed by atoms with Gasteiger partial charge >= 0.3 is 0 Å². The molecule has 2 rings (SSSR count). The van der Waals surface area contributed by atoms with E-state index >= 15 is 0 Å². The summed E-state index contributed by atoms with van der Waals surface area (Å²) < 4.78 is 1.24. The van der Waals surface area contributed by atoms with Crippen LogP contribution in [0.15, 0.2) is 45.6 Å². The van der Waals surface area contributed by atoms with Gasteiger partial charge in [-0.25, -0.2) is 0 Å². The number of halogens is 1. The van der Waals surface area contributed by atoms with E-state index in [1.54, 1.807) is 11.3 Å². The molecule has 1 heterocycles. The van der Waals surface area contributed by atoms with Crippen LogP contribution in [0.3, 0.4) is 0 Å². The van der Waals surface area contributed by atoms with E-state index in [0.717, 1.165) is 19.5 Å². The zero-order chi connectivity index (χ0) is 12.8. The molecule has 1 atom stereocenters. The molecule has 96 valence electrons. The molecule has 0 aliphatic heterocycles. The summed E-state index contributed by atoms with van der Waals surface area (Å²) in [5, 5.41) is 7.87. The molecule has 1 aromatic heterocycles. The summed E-state index contributed by atoms with van der Waals surface area (Å²) in [7, 11) is 0. The Morgan fingerprint density at radius 1 is 1.22 bits per heavy atom. The third-order valence-corrected chi connectivity index (χ3v) is 4.90. The molecule has 0 amide bonds. The average Bonchev–Trinajstić information content (AvgIpc) is 2.81. The highest BCUT2D eigenvalue weighted by atomic mass is 79.9. The summed E-state index contributed by atoms with van der Waals surface area (Å²) in [5.74, 6) is 0.539. The molecule has 0 saturated carbocycles. The first-order valence-corrected chi connectivity index (χ1v) is 8.01. The Morgan fingerprint density at radius 2 is 2.00 bits per heavy atom. The highest BCUT2D eigenvalue weighted by molar-refractivity contribution is 9.10. The maximum atomic E-state index is 3.63. The molecule has 0 fully saturated rings. The van der Waals surface area contributed by atoms with Crippen molar-refractivity contribution in [3.05, 3.63) is 56.7 Å². The first-order chi connectivity index (χ1) is 8.81. The molecule has 0 aliphatic carbocycles. The predicted octanol–water partition coefficient (Wildman–Crippen LogP) is 4.45. The first-order valence-electron chi connectivity index (χ1n) is 6.27. The van der Waals surface area contributed by atoms with Crippen LogP contribution in [0, 0.1) is 0 Å². The van der Waals surface area contributed by atoms with Crippen LogP contribution in [0.25, 0.3) is 0 Å². The van der Waals surface area contributed by atoms with Crippen molar-refractivity contribution in [3.63, 3.8) is 0 Å². The highest BCUT2D eigenvalue weighted by Gasteiger charge is 2.13. The third-order valence-electron chi connectivity index (χ3n) is 3.07. The Balaban J connectivity index is 2.13. The fourth-order valence-corrected chi connectivity index (χ4v) is 3.55. The van der Waals surface area contributed by atoms with Crippen molar-refractivity contribution in [2.24, 2.45) is 0 Å². The van der Waals surface area contributed by atoms with Gasteiger partial charge in [-0.05, 0) is 45.4 Å². The summed E-state index contributed by atoms with van der Waals surface area (Å²) in [6, 6.07) is 10.8. The van der Waals surface area contributed by atoms with Gasteiger partial charge in [-0.1, -0.05) is 37.3 Å². The zero-order valence-corrected chi connectivity index (χ0v) is 12.9. The lowest BCUT2D eigenvalue weighted by Gasteiger charge is -2.17. The van der Waals surface area contributed by atoms with E-state index < -0.39 is 0 Å². The fraction of sp³-hybridized carbons (Fsp3) is 0.333. The maximum Gasteiger partial charge on any atom is 0.0314 e. The topological polar surface area (TPSA) is 12.0 Å². The van der Waals surface area contributed by atoms with Crippen LogP contribution in [0.4, 0.5) is 0 Å². The van der Waals surface area contributed by atoms with Gasteiger partial charge in [-0.3, -0.25) is 0 Å². The second-order valence-corrected chi connectivity index (χ2v) is 5.96. The van der Waals surface area contributed by atoms with Gasteiger partial charge in [0.25, 0.3) is 0 Å². The van der Waals surface area contributed by atoms with Gasteiger partial charge in [-0.2, -0.15) is 11.3 Å². The normalized spacial score (nSPS) is 12.6. The minimum absolute atomic E-state index is 0.539. The third kappa shape index (κ3) is 3.67. The molecular weight excluding hydrogens is 306 g/mol. The van der Waals surface area contributed by atoms with Crippen molar-refractivity contribution >= 4 is 27.3 Å². The van der Waals surface area contributed by atoms with Crippen molar-refractivity contribution in [3.8, 4) is 0 Å². The smallest absolute Gasteiger partial charge is 0.0314 e. The van der Waals surface area contributed by atoms with Crippen LogP contribution < -0.4 is 5.32 Å². The quantitative estimate of drug-likeness (QED) is 0.828. The van der Waals surface area contributed by atoms with E-state index in [0.29, 0.717) is 5.92 Å². The Kier molecular flexibility index (Phi) is 5.42. The summed E-state index contributed by atoms with van der Waals surface area (Å²) in [6.45, 7) is 4.21. The average molecular weight is 324 g/mol. The molecule has 0 radical (unpaired) electrons. The van der Waals surface area contributed by atoms with E-state index in [4.69, 9.17) is 0 Å². The molecule has 0 spiro atoms. The Labute approximate surface area is 121 Å². The molecule has 1 unspecified atom stereocenters. The van der Waals surface area contributed by atoms with E-state index in [2.05, 4.69) is 69.3 Å². The number of benzene rings is 1. The van der Waals surface area contributed by atoms with Gasteiger partial charge < -0.3 is 5.32 Å². The van der Waals surface area contributed by atoms with Crippen LogP contribution in [-0.4, -0.2) is 13.1 Å². The second-order valence-electron chi connectivity index (χ2n) is 4.36. The minimum Gasteiger partial charge on any atom is -0.316 e. The largest absolute Gasteiger partial charge is 0.316 e. The van der Waals surface area contributed by atoms with Gasteiger partial charge in [-0.15, -0.1) is 0 Å². The lowest BCUT2D eigenvalue weighted by Crippen LogP contribution is -2.22. The lowest BCUT2D eigenvalue weighted by atomic mass is 9.93. The van der Waals surface area contributed by atoms with Gasteiger partial charge in [0.05, 0.1) is 0 Å². The summed E-state index contributed by atoms with van der Waals surface area (Å²) in [4.78, 5) is 0. The Hall–Kier alpha value is -0.640. The van der Waals surface area contributed by atoms with Crippen molar-refractivity contribution in [2.45, 2.75) is 19.3 Å². The number of hydrogen-bond donors (Lipinski definition) is 1. The number of thiophene rings is 1. The number of nitrogens with one attached hydrogen (secondary N) is 1. The van der Waals surface area contributed by atoms with Gasteiger partial charge in [0.15, 0.2) is 0 Å².